The van der Waals surface area contributed by atoms with Crippen molar-refractivity contribution in [2.75, 3.05) is 18.4 Å². The first-order chi connectivity index (χ1) is 12.9. The van der Waals surface area contributed by atoms with Crippen LogP contribution in [0.1, 0.15) is 42.6 Å². The molecule has 2 bridgehead atoms. The van der Waals surface area contributed by atoms with Gasteiger partial charge in [-0.15, -0.1) is 11.3 Å². The topological polar surface area (TPSA) is 67.2 Å². The van der Waals surface area contributed by atoms with Gasteiger partial charge in [0.15, 0.2) is 0 Å². The molecule has 0 aromatic carbocycles. The van der Waals surface area contributed by atoms with Gasteiger partial charge in [-0.1, -0.05) is 19.9 Å². The number of carbonyl (C=O) groups excluding carboxylic acids is 1. The summed E-state index contributed by atoms with van der Waals surface area (Å²) < 4.78 is 1.89. The van der Waals surface area contributed by atoms with Crippen LogP contribution in [0.25, 0.3) is 0 Å². The molecule has 4 rings (SSSR count). The normalized spacial score (nSPS) is 21.3. The first-order valence-electron chi connectivity index (χ1n) is 9.62. The summed E-state index contributed by atoms with van der Waals surface area (Å²) in [5.74, 6) is 1.06. The monoisotopic (exact) mass is 386 g/mol. The van der Waals surface area contributed by atoms with E-state index < -0.39 is 0 Å². The Labute approximate surface area is 163 Å². The lowest BCUT2D eigenvalue weighted by Gasteiger charge is -2.42. The standard InChI is InChI=1S/C20H26N4O2S/c1-12(2)7-16-19(27-13(3)21-16)22-20(26)23-9-14-8-15(11-23)17-5-4-6-18(25)24(17)10-14/h4-6,12,14-15H,7-11H2,1-3H3,(H,22,26)/t14-,15+/m0/s1. The van der Waals surface area contributed by atoms with Crippen LogP contribution in [0.15, 0.2) is 23.0 Å². The van der Waals surface area contributed by atoms with Crippen LogP contribution in [0.2, 0.25) is 0 Å². The molecule has 0 aliphatic carbocycles. The second kappa shape index (κ2) is 7.11. The van der Waals surface area contributed by atoms with Crippen molar-refractivity contribution in [2.24, 2.45) is 11.8 Å². The Morgan fingerprint density at radius 3 is 2.93 bits per heavy atom. The van der Waals surface area contributed by atoms with Crippen molar-refractivity contribution in [3.63, 3.8) is 0 Å². The van der Waals surface area contributed by atoms with E-state index in [1.54, 1.807) is 17.4 Å². The van der Waals surface area contributed by atoms with Crippen molar-refractivity contribution in [2.45, 2.75) is 46.1 Å². The second-order valence-corrected chi connectivity index (χ2v) is 9.34. The highest BCUT2D eigenvalue weighted by molar-refractivity contribution is 7.16. The summed E-state index contributed by atoms with van der Waals surface area (Å²) in [6.07, 6.45) is 1.91. The van der Waals surface area contributed by atoms with Crippen molar-refractivity contribution in [1.29, 1.82) is 0 Å². The van der Waals surface area contributed by atoms with Gasteiger partial charge in [0.25, 0.3) is 5.56 Å². The van der Waals surface area contributed by atoms with Gasteiger partial charge in [0.2, 0.25) is 0 Å². The lowest BCUT2D eigenvalue weighted by molar-refractivity contribution is 0.139. The number of aryl methyl sites for hydroxylation is 1. The van der Waals surface area contributed by atoms with E-state index in [0.717, 1.165) is 34.2 Å². The van der Waals surface area contributed by atoms with E-state index in [1.807, 2.05) is 28.5 Å². The van der Waals surface area contributed by atoms with Crippen LogP contribution in [0.5, 0.6) is 0 Å². The molecule has 2 aliphatic heterocycles. The van der Waals surface area contributed by atoms with E-state index in [-0.39, 0.29) is 17.5 Å². The number of likely N-dealkylation sites (tertiary alicyclic amines) is 1. The third kappa shape index (κ3) is 3.65. The number of hydrogen-bond acceptors (Lipinski definition) is 4. The number of fused-ring (bicyclic) bond motifs is 4. The largest absolute Gasteiger partial charge is 0.323 e. The molecule has 2 amide bonds. The Balaban J connectivity index is 1.51. The van der Waals surface area contributed by atoms with Crippen LogP contribution >= 0.6 is 11.3 Å². The number of aromatic nitrogens is 2. The molecule has 1 N–H and O–H groups in total. The molecule has 0 spiro atoms. The zero-order chi connectivity index (χ0) is 19.1. The van der Waals surface area contributed by atoms with E-state index in [9.17, 15) is 9.59 Å². The highest BCUT2D eigenvalue weighted by Crippen LogP contribution is 2.35. The zero-order valence-corrected chi connectivity index (χ0v) is 16.9. The third-order valence-electron chi connectivity index (χ3n) is 5.39. The summed E-state index contributed by atoms with van der Waals surface area (Å²) in [5, 5.41) is 4.96. The lowest BCUT2D eigenvalue weighted by Crippen LogP contribution is -2.50. The number of nitrogens with zero attached hydrogens (tertiary/aromatic N) is 3. The number of thiazole rings is 1. The Morgan fingerprint density at radius 1 is 1.33 bits per heavy atom. The van der Waals surface area contributed by atoms with Gasteiger partial charge >= 0.3 is 6.03 Å². The number of rotatable bonds is 3. The summed E-state index contributed by atoms with van der Waals surface area (Å²) in [5.41, 5.74) is 2.11. The van der Waals surface area contributed by atoms with Crippen molar-refractivity contribution < 1.29 is 4.79 Å². The summed E-state index contributed by atoms with van der Waals surface area (Å²) >= 11 is 1.55. The molecule has 6 nitrogen and oxygen atoms in total. The molecule has 2 aliphatic rings. The molecule has 27 heavy (non-hydrogen) atoms. The number of pyridine rings is 1. The minimum Gasteiger partial charge on any atom is -0.323 e. The average molecular weight is 387 g/mol. The number of anilines is 1. The Hall–Kier alpha value is -2.15. The van der Waals surface area contributed by atoms with E-state index in [4.69, 9.17) is 0 Å². The van der Waals surface area contributed by atoms with Gasteiger partial charge in [0.1, 0.15) is 5.00 Å². The number of amides is 2. The fraction of sp³-hybridized carbons (Fsp3) is 0.550. The molecule has 0 saturated carbocycles. The number of hydrogen-bond donors (Lipinski definition) is 1. The van der Waals surface area contributed by atoms with Crippen LogP contribution in [-0.4, -0.2) is 33.6 Å². The van der Waals surface area contributed by atoms with E-state index in [2.05, 4.69) is 24.1 Å². The highest BCUT2D eigenvalue weighted by atomic mass is 32.1. The van der Waals surface area contributed by atoms with Crippen LogP contribution in [-0.2, 0) is 13.0 Å². The van der Waals surface area contributed by atoms with Crippen molar-refractivity contribution in [3.8, 4) is 0 Å². The fourth-order valence-electron chi connectivity index (χ4n) is 4.33. The molecule has 2 aromatic heterocycles. The maximum Gasteiger partial charge on any atom is 0.322 e. The molecule has 2 aromatic rings. The van der Waals surface area contributed by atoms with Crippen LogP contribution in [0.4, 0.5) is 9.80 Å². The average Bonchev–Trinajstić information content (AvgIpc) is 2.94. The highest BCUT2D eigenvalue weighted by Gasteiger charge is 2.36. The van der Waals surface area contributed by atoms with Gasteiger partial charge in [-0.25, -0.2) is 9.78 Å². The number of piperidine rings is 1. The van der Waals surface area contributed by atoms with Crippen molar-refractivity contribution in [3.05, 3.63) is 44.9 Å². The molecular formula is C20H26N4O2S. The molecule has 2 atom stereocenters. The minimum absolute atomic E-state index is 0.0508. The quantitative estimate of drug-likeness (QED) is 0.878. The number of nitrogens with one attached hydrogen (secondary N) is 1. The fourth-order valence-corrected chi connectivity index (χ4v) is 5.17. The van der Waals surface area contributed by atoms with E-state index in [1.165, 1.54) is 0 Å². The molecule has 1 saturated heterocycles. The first-order valence-corrected chi connectivity index (χ1v) is 10.4. The van der Waals surface area contributed by atoms with Crippen molar-refractivity contribution in [1.82, 2.24) is 14.5 Å². The molecular weight excluding hydrogens is 360 g/mol. The van der Waals surface area contributed by atoms with E-state index in [0.29, 0.717) is 31.5 Å². The zero-order valence-electron chi connectivity index (χ0n) is 16.1. The molecule has 4 heterocycles. The molecule has 7 heteroatoms. The maximum absolute atomic E-state index is 13.0. The molecule has 1 fully saturated rings. The molecule has 144 valence electrons. The van der Waals surface area contributed by atoms with Crippen molar-refractivity contribution >= 4 is 22.4 Å². The second-order valence-electron chi connectivity index (χ2n) is 8.14. The lowest BCUT2D eigenvalue weighted by atomic mass is 9.83. The van der Waals surface area contributed by atoms with Gasteiger partial charge in [0.05, 0.1) is 10.7 Å². The predicted molar refractivity (Wildman–Crippen MR) is 108 cm³/mol. The molecule has 0 unspecified atom stereocenters. The Kier molecular flexibility index (Phi) is 4.80. The molecule has 0 radical (unpaired) electrons. The minimum atomic E-state index is -0.0508. The van der Waals surface area contributed by atoms with Gasteiger partial charge in [0, 0.05) is 37.3 Å². The summed E-state index contributed by atoms with van der Waals surface area (Å²) in [6.45, 7) is 8.35. The maximum atomic E-state index is 13.0. The number of urea groups is 1. The third-order valence-corrected chi connectivity index (χ3v) is 6.32. The van der Waals surface area contributed by atoms with Gasteiger partial charge in [-0.2, -0.15) is 0 Å². The Bertz CT molecular complexity index is 917. The van der Waals surface area contributed by atoms with Crippen LogP contribution in [0, 0.1) is 18.8 Å². The first kappa shape index (κ1) is 18.2. The number of carbonyl (C=O) groups is 1. The summed E-state index contributed by atoms with van der Waals surface area (Å²) in [6, 6.07) is 5.42. The van der Waals surface area contributed by atoms with E-state index >= 15 is 0 Å². The Morgan fingerprint density at radius 2 is 2.15 bits per heavy atom. The van der Waals surface area contributed by atoms with Gasteiger partial charge in [-0.3, -0.25) is 10.1 Å². The smallest absolute Gasteiger partial charge is 0.322 e. The van der Waals surface area contributed by atoms with Crippen LogP contribution < -0.4 is 10.9 Å². The SMILES string of the molecule is Cc1nc(CC(C)C)c(NC(=O)N2C[C@@H]3C[C@H](C2)c2cccc(=O)n2C3)s1. The predicted octanol–water partition coefficient (Wildman–Crippen LogP) is 3.46. The van der Waals surface area contributed by atoms with Gasteiger partial charge < -0.3 is 9.47 Å². The summed E-state index contributed by atoms with van der Waals surface area (Å²) in [7, 11) is 0. The van der Waals surface area contributed by atoms with Crippen LogP contribution in [0.3, 0.4) is 0 Å². The summed E-state index contributed by atoms with van der Waals surface area (Å²) in [4.78, 5) is 31.6. The van der Waals surface area contributed by atoms with Gasteiger partial charge in [-0.05, 0) is 37.7 Å².